The molecule has 2 aliphatic carbocycles. The van der Waals surface area contributed by atoms with E-state index < -0.39 is 95.2 Å². The van der Waals surface area contributed by atoms with Crippen LogP contribution in [0.3, 0.4) is 0 Å². The Hall–Kier alpha value is -5.27. The van der Waals surface area contributed by atoms with E-state index in [0.29, 0.717) is 39.0 Å². The van der Waals surface area contributed by atoms with Crippen molar-refractivity contribution in [3.8, 4) is 17.2 Å². The first-order chi connectivity index (χ1) is 35.7. The Morgan fingerprint density at radius 2 is 1.73 bits per heavy atom. The van der Waals surface area contributed by atoms with E-state index in [4.69, 9.17) is 23.7 Å². The molecule has 2 aromatic rings. The molecule has 4 saturated heterocycles. The molecule has 4 fully saturated rings. The third kappa shape index (κ3) is 11.8. The number of aromatic hydroxyl groups is 2. The predicted octanol–water partition coefficient (Wildman–Crippen LogP) is 3.23. The van der Waals surface area contributed by atoms with Crippen LogP contribution in [0.5, 0.6) is 17.2 Å². The number of ketones is 2. The fourth-order valence-corrected chi connectivity index (χ4v) is 12.1. The van der Waals surface area contributed by atoms with Gasteiger partial charge >= 0.3 is 0 Å². The number of nitrogens with one attached hydrogen (secondary N) is 4. The normalized spacial score (nSPS) is 27.1. The number of amides is 6. The summed E-state index contributed by atoms with van der Waals surface area (Å²) in [6.45, 7) is 10.8. The van der Waals surface area contributed by atoms with Crippen LogP contribution in [0.15, 0.2) is 18.2 Å². The van der Waals surface area contributed by atoms with Crippen LogP contribution in [0.25, 0.3) is 0 Å². The first-order valence-corrected chi connectivity index (χ1v) is 27.2. The number of unbranched alkanes of at least 4 members (excludes halogenated alkanes) is 1. The molecule has 6 N–H and O–H groups in total. The Morgan fingerprint density at radius 1 is 0.973 bits per heavy atom. The first-order valence-electron chi connectivity index (χ1n) is 26.1. The lowest BCUT2D eigenvalue weighted by atomic mass is 9.74. The lowest BCUT2D eigenvalue weighted by Crippen LogP contribution is -2.52. The van der Waals surface area contributed by atoms with Gasteiger partial charge in [0.25, 0.3) is 0 Å². The average molecular weight is 1160 g/mol. The second-order valence-electron chi connectivity index (χ2n) is 20.8. The third-order valence-electron chi connectivity index (χ3n) is 15.4. The number of halogens is 1. The molecule has 21 nitrogen and oxygen atoms in total. The van der Waals surface area contributed by atoms with Crippen LogP contribution in [-0.4, -0.2) is 160 Å². The second-order valence-corrected chi connectivity index (χ2v) is 23.2. The van der Waals surface area contributed by atoms with Crippen molar-refractivity contribution in [1.29, 1.82) is 0 Å². The van der Waals surface area contributed by atoms with Crippen molar-refractivity contribution < 1.29 is 72.3 Å². The van der Waals surface area contributed by atoms with Gasteiger partial charge in [-0.2, -0.15) is 0 Å². The molecule has 408 valence electrons. The van der Waals surface area contributed by atoms with Crippen molar-refractivity contribution in [3.05, 3.63) is 51.6 Å². The number of imide groups is 1. The number of alkyl halides is 1. The van der Waals surface area contributed by atoms with E-state index in [9.17, 15) is 48.6 Å². The van der Waals surface area contributed by atoms with E-state index >= 15 is 0 Å². The van der Waals surface area contributed by atoms with E-state index in [1.165, 1.54) is 38.0 Å². The molecule has 75 heavy (non-hydrogen) atoms. The smallest absolute Gasteiger partial charge is 0.244 e. The lowest BCUT2D eigenvalue weighted by molar-refractivity contribution is -0.255. The molecule has 0 bridgehead atoms. The number of morpholine rings is 1. The number of hydrogen-bond donors (Lipinski definition) is 6. The summed E-state index contributed by atoms with van der Waals surface area (Å²) >= 11 is 2.25. The van der Waals surface area contributed by atoms with Crippen LogP contribution in [0, 0.1) is 11.8 Å². The number of phenols is 2. The number of ether oxygens (including phenoxy) is 5. The fraction of sp³-hybridized carbons (Fsp3) is 0.623. The van der Waals surface area contributed by atoms with Crippen molar-refractivity contribution in [2.45, 2.75) is 151 Å². The first kappa shape index (κ1) is 55.9. The van der Waals surface area contributed by atoms with E-state index in [1.807, 2.05) is 13.8 Å². The minimum absolute atomic E-state index is 0.0102. The second kappa shape index (κ2) is 23.5. The molecule has 0 aromatic heterocycles. The Balaban J connectivity index is 0.894. The molecule has 6 amide bonds. The van der Waals surface area contributed by atoms with Gasteiger partial charge in [-0.3, -0.25) is 48.6 Å². The minimum atomic E-state index is -1.09. The summed E-state index contributed by atoms with van der Waals surface area (Å²) in [6.07, 6.45) is 0.752. The van der Waals surface area contributed by atoms with Gasteiger partial charge < -0.3 is 54.7 Å². The zero-order valence-corrected chi connectivity index (χ0v) is 45.5. The van der Waals surface area contributed by atoms with Crippen LogP contribution in [0.2, 0.25) is 0 Å². The van der Waals surface area contributed by atoms with E-state index in [0.717, 1.165) is 24.2 Å². The summed E-state index contributed by atoms with van der Waals surface area (Å²) in [6, 6.07) is 1.96. The highest BCUT2D eigenvalue weighted by Gasteiger charge is 2.48. The Morgan fingerprint density at radius 3 is 2.44 bits per heavy atom. The van der Waals surface area contributed by atoms with Crippen molar-refractivity contribution in [3.63, 3.8) is 0 Å². The van der Waals surface area contributed by atoms with Gasteiger partial charge in [-0.15, -0.1) is 0 Å². The number of benzene rings is 2. The van der Waals surface area contributed by atoms with Crippen LogP contribution in [0.1, 0.15) is 141 Å². The highest BCUT2D eigenvalue weighted by Crippen LogP contribution is 2.52. The maximum atomic E-state index is 14.3. The number of phenolic OH excluding ortho intramolecular Hbond substituents is 2. The zero-order chi connectivity index (χ0) is 54.0. The summed E-state index contributed by atoms with van der Waals surface area (Å²) in [7, 11) is 1.36. The fourth-order valence-electron chi connectivity index (χ4n) is 11.2. The lowest BCUT2D eigenvalue weighted by Gasteiger charge is -2.40. The largest absolute Gasteiger partial charge is 0.507 e. The maximum Gasteiger partial charge on any atom is 0.244 e. The number of nitrogens with zero attached hydrogens (tertiary/aromatic N) is 2. The van der Waals surface area contributed by atoms with Gasteiger partial charge in [0.1, 0.15) is 35.6 Å². The van der Waals surface area contributed by atoms with E-state index in [2.05, 4.69) is 50.8 Å². The number of likely N-dealkylation sites (tertiary alicyclic amines) is 2. The SMILES string of the molecule is CCCCC(C)(I)C1CC(=O)N(CCC(=O)N[C@@H](C)C(=O)N[C@@H](C)C(=O)N2CCC(NC(=O)[C@@H]3Cc4c(O)c5c(c(O)c4[C@@H](O[C@H]4CC[C@H](O[C@@H]6COCCN6)[C@H](C)O4)C3)C(=O)c3c(OC)cccc3C5=O)C2)C1=O. The summed E-state index contributed by atoms with van der Waals surface area (Å²) in [4.78, 5) is 111. The molecular formula is C53H69IN6O15. The van der Waals surface area contributed by atoms with Crippen LogP contribution in [-0.2, 0) is 54.1 Å². The van der Waals surface area contributed by atoms with Crippen LogP contribution < -0.4 is 26.0 Å². The molecule has 11 atom stereocenters. The summed E-state index contributed by atoms with van der Waals surface area (Å²) in [5.74, 6) is -6.36. The van der Waals surface area contributed by atoms with Crippen molar-refractivity contribution in [2.75, 3.05) is 46.5 Å². The Labute approximate surface area is 449 Å². The van der Waals surface area contributed by atoms with Gasteiger partial charge in [0, 0.05) is 77.5 Å². The van der Waals surface area contributed by atoms with Crippen LogP contribution in [0.4, 0.5) is 0 Å². The monoisotopic (exact) mass is 1160 g/mol. The molecule has 6 aliphatic rings. The standard InChI is InChI=1S/C53H69IN6O15/c1-7-8-16-53(5,54)33-23-39(62)60(52(33)70)19-15-37(61)56-26(2)49(67)57-27(3)51(69)59-18-14-30(24-59)58-50(68)29-21-32-42(36(22-29)75-40-13-12-34(28(4)73-40)74-38-25-72-20-17-55-38)48(66)44-43(46(32)64)45(63)31-10-9-11-35(71-6)41(31)47(44)65/h9-11,26-30,33-34,36,38,40,55,64,66H,7-8,12-25H2,1-6H3,(H,56,61)(H,57,67)(H,58,68)/t26-,27-,28-,29+,30?,33?,34-,36-,38+,40-,53?/m0/s1. The predicted molar refractivity (Wildman–Crippen MR) is 276 cm³/mol. The molecule has 0 spiro atoms. The van der Waals surface area contributed by atoms with Gasteiger partial charge in [0.05, 0.1) is 61.2 Å². The van der Waals surface area contributed by atoms with E-state index in [1.54, 1.807) is 6.07 Å². The van der Waals surface area contributed by atoms with Gasteiger partial charge in [-0.25, -0.2) is 0 Å². The van der Waals surface area contributed by atoms with Gasteiger partial charge in [0.15, 0.2) is 12.1 Å². The number of carbonyl (C=O) groups is 8. The highest BCUT2D eigenvalue weighted by molar-refractivity contribution is 14.1. The summed E-state index contributed by atoms with van der Waals surface area (Å²) in [5, 5.41) is 35.7. The summed E-state index contributed by atoms with van der Waals surface area (Å²) in [5.41, 5.74) is -0.687. The van der Waals surface area contributed by atoms with Crippen molar-refractivity contribution >= 4 is 69.6 Å². The number of hydrogen-bond acceptors (Lipinski definition) is 16. The minimum Gasteiger partial charge on any atom is -0.507 e. The Kier molecular flexibility index (Phi) is 17.6. The van der Waals surface area contributed by atoms with Gasteiger partial charge in [0.2, 0.25) is 41.2 Å². The zero-order valence-electron chi connectivity index (χ0n) is 43.3. The molecule has 8 rings (SSSR count). The highest BCUT2D eigenvalue weighted by atomic mass is 127. The van der Waals surface area contributed by atoms with Crippen molar-refractivity contribution in [1.82, 2.24) is 31.1 Å². The van der Waals surface area contributed by atoms with Crippen LogP contribution >= 0.6 is 22.6 Å². The Bertz CT molecular complexity index is 2590. The van der Waals surface area contributed by atoms with Crippen molar-refractivity contribution in [2.24, 2.45) is 11.8 Å². The number of rotatable bonds is 18. The molecule has 2 aromatic carbocycles. The molecule has 0 radical (unpaired) electrons. The van der Waals surface area contributed by atoms with E-state index in [-0.39, 0.29) is 112 Å². The maximum absolute atomic E-state index is 14.3. The molecule has 4 heterocycles. The quantitative estimate of drug-likeness (QED) is 0.0462. The van der Waals surface area contributed by atoms with Gasteiger partial charge in [-0.1, -0.05) is 54.5 Å². The molecular weight excluding hydrogens is 1090 g/mol. The third-order valence-corrected chi connectivity index (χ3v) is 16.7. The molecule has 22 heteroatoms. The number of fused-ring (bicyclic) bond motifs is 3. The summed E-state index contributed by atoms with van der Waals surface area (Å²) < 4.78 is 29.7. The number of carbonyl (C=O) groups excluding carboxylic acids is 8. The number of methoxy groups -OCH3 is 1. The molecule has 4 aliphatic heterocycles. The molecule has 3 unspecified atom stereocenters. The average Bonchev–Trinajstić information content (AvgIpc) is 4.00. The topological polar surface area (TPSA) is 278 Å². The molecule has 0 saturated carbocycles. The van der Waals surface area contributed by atoms with Gasteiger partial charge in [-0.05, 0) is 65.9 Å².